The number of piperidine rings is 3. The third-order valence-corrected chi connectivity index (χ3v) is 6.51. The molecule has 144 valence electrons. The number of rotatable bonds is 4. The van der Waals surface area contributed by atoms with Crippen LogP contribution in [0.3, 0.4) is 0 Å². The summed E-state index contributed by atoms with van der Waals surface area (Å²) in [6, 6.07) is 4.14. The Hall–Kier alpha value is -2.04. The highest BCUT2D eigenvalue weighted by Crippen LogP contribution is 2.41. The van der Waals surface area contributed by atoms with Gasteiger partial charge >= 0.3 is 11.9 Å². The van der Waals surface area contributed by atoms with Gasteiger partial charge in [0, 0.05) is 30.6 Å². The van der Waals surface area contributed by atoms with Gasteiger partial charge in [-0.25, -0.2) is 9.59 Å². The van der Waals surface area contributed by atoms with Gasteiger partial charge in [0.15, 0.2) is 0 Å². The number of carboxylic acids is 2. The molecule has 8 nitrogen and oxygen atoms in total. The molecule has 2 bridgehead atoms. The Bertz CT molecular complexity index is 766. The van der Waals surface area contributed by atoms with Crippen molar-refractivity contribution in [2.45, 2.75) is 29.5 Å². The van der Waals surface area contributed by atoms with Gasteiger partial charge in [0.05, 0.1) is 17.4 Å². The molecule has 0 amide bonds. The second-order valence-corrected chi connectivity index (χ2v) is 7.95. The lowest BCUT2D eigenvalue weighted by Crippen LogP contribution is -2.46. The van der Waals surface area contributed by atoms with Crippen molar-refractivity contribution in [3.63, 3.8) is 0 Å². The van der Waals surface area contributed by atoms with Gasteiger partial charge in [-0.05, 0) is 49.5 Å². The highest BCUT2D eigenvalue weighted by molar-refractivity contribution is 7.98. The van der Waals surface area contributed by atoms with Crippen LogP contribution >= 0.6 is 23.5 Å². The minimum Gasteiger partial charge on any atom is -0.473 e. The molecular weight excluding hydrogens is 388 g/mol. The molecule has 1 atom stereocenters. The van der Waals surface area contributed by atoms with Gasteiger partial charge < -0.3 is 15.1 Å². The van der Waals surface area contributed by atoms with E-state index < -0.39 is 11.9 Å². The highest BCUT2D eigenvalue weighted by atomic mass is 32.2. The molecule has 0 radical (unpaired) electrons. The van der Waals surface area contributed by atoms with E-state index in [2.05, 4.69) is 30.8 Å². The van der Waals surface area contributed by atoms with Crippen LogP contribution in [0.4, 0.5) is 0 Å². The Morgan fingerprint density at radius 3 is 2.37 bits per heavy atom. The number of carbonyl (C=O) groups is 2. The molecule has 0 spiro atoms. The second kappa shape index (κ2) is 9.25. The molecule has 3 aliphatic heterocycles. The molecule has 2 aromatic heterocycles. The molecule has 3 fully saturated rings. The van der Waals surface area contributed by atoms with Gasteiger partial charge in [-0.3, -0.25) is 4.98 Å². The van der Waals surface area contributed by atoms with Gasteiger partial charge in [0.1, 0.15) is 5.03 Å². The average molecular weight is 409 g/mol. The summed E-state index contributed by atoms with van der Waals surface area (Å²) in [5.74, 6) is -1.28. The second-order valence-electron chi connectivity index (χ2n) is 6.45. The van der Waals surface area contributed by atoms with Crippen molar-refractivity contribution < 1.29 is 19.8 Å². The Kier molecular flexibility index (Phi) is 6.75. The van der Waals surface area contributed by atoms with E-state index in [1.54, 1.807) is 0 Å². The molecule has 0 aliphatic carbocycles. The smallest absolute Gasteiger partial charge is 0.414 e. The van der Waals surface area contributed by atoms with Gasteiger partial charge in [0.2, 0.25) is 0 Å². The maximum Gasteiger partial charge on any atom is 0.414 e. The van der Waals surface area contributed by atoms with Crippen LogP contribution in [0.5, 0.6) is 0 Å². The Balaban J connectivity index is 0.000000307. The van der Waals surface area contributed by atoms with Crippen molar-refractivity contribution in [2.75, 3.05) is 19.6 Å². The predicted molar refractivity (Wildman–Crippen MR) is 101 cm³/mol. The lowest BCUT2D eigenvalue weighted by molar-refractivity contribution is -0.159. The van der Waals surface area contributed by atoms with Crippen LogP contribution in [0.15, 0.2) is 29.6 Å². The first-order valence-electron chi connectivity index (χ1n) is 8.57. The van der Waals surface area contributed by atoms with Crippen LogP contribution in [0, 0.1) is 5.92 Å². The fourth-order valence-corrected chi connectivity index (χ4v) is 5.15. The molecule has 10 heteroatoms. The Labute approximate surface area is 165 Å². The minimum atomic E-state index is -1.82. The fraction of sp³-hybridized carbons (Fsp3) is 0.471. The zero-order valence-electron chi connectivity index (χ0n) is 14.5. The van der Waals surface area contributed by atoms with E-state index in [9.17, 15) is 0 Å². The van der Waals surface area contributed by atoms with E-state index in [0.717, 1.165) is 16.7 Å². The monoisotopic (exact) mass is 408 g/mol. The van der Waals surface area contributed by atoms with Crippen molar-refractivity contribution in [1.29, 1.82) is 0 Å². The quantitative estimate of drug-likeness (QED) is 0.580. The largest absolute Gasteiger partial charge is 0.473 e. The summed E-state index contributed by atoms with van der Waals surface area (Å²) >= 11 is 3.19. The average Bonchev–Trinajstić information content (AvgIpc) is 3.17. The summed E-state index contributed by atoms with van der Waals surface area (Å²) in [5, 5.41) is 15.9. The van der Waals surface area contributed by atoms with Gasteiger partial charge in [-0.15, -0.1) is 0 Å². The molecule has 0 aromatic carbocycles. The molecule has 1 unspecified atom stereocenters. The fourth-order valence-electron chi connectivity index (χ4n) is 3.42. The number of hydrogen-bond acceptors (Lipinski definition) is 8. The zero-order valence-corrected chi connectivity index (χ0v) is 16.2. The molecular formula is C17H20N4O4S2. The topological polar surface area (TPSA) is 117 Å². The van der Waals surface area contributed by atoms with E-state index in [0.29, 0.717) is 5.92 Å². The third kappa shape index (κ3) is 5.24. The first-order valence-corrected chi connectivity index (χ1v) is 10.3. The Morgan fingerprint density at radius 1 is 1.15 bits per heavy atom. The van der Waals surface area contributed by atoms with Crippen LogP contribution in [-0.2, 0) is 15.3 Å². The van der Waals surface area contributed by atoms with Crippen LogP contribution in [-0.4, -0.2) is 60.4 Å². The summed E-state index contributed by atoms with van der Waals surface area (Å²) in [4.78, 5) is 24.9. The van der Waals surface area contributed by atoms with E-state index in [-0.39, 0.29) is 0 Å². The van der Waals surface area contributed by atoms with E-state index in [4.69, 9.17) is 19.8 Å². The molecule has 5 rings (SSSR count). The van der Waals surface area contributed by atoms with Gasteiger partial charge in [-0.2, -0.15) is 8.75 Å². The first-order chi connectivity index (χ1) is 13.0. The van der Waals surface area contributed by atoms with Crippen molar-refractivity contribution in [3.05, 3.63) is 35.8 Å². The first kappa shape index (κ1) is 19.7. The number of pyridine rings is 1. The number of aromatic nitrogens is 3. The van der Waals surface area contributed by atoms with E-state index in [1.807, 2.05) is 24.2 Å². The lowest BCUT2D eigenvalue weighted by atomic mass is 9.78. The van der Waals surface area contributed by atoms with Gasteiger partial charge in [-0.1, -0.05) is 11.8 Å². The normalized spacial score (nSPS) is 23.3. The summed E-state index contributed by atoms with van der Waals surface area (Å²) in [6.45, 7) is 3.73. The maximum absolute atomic E-state index is 9.10. The van der Waals surface area contributed by atoms with Crippen molar-refractivity contribution in [1.82, 2.24) is 18.6 Å². The number of nitrogens with zero attached hydrogens (tertiary/aromatic N) is 4. The molecule has 5 heterocycles. The standard InChI is InChI=1S/C15H18N4S2.C2H2O4/c1-5-16-6-2-11(1)10-20-15-14(17-21-18-15)13-9-19-7-3-12(13)4-8-19;3-1(4)2(5)6/h1-2,5-6,12-13H,3-4,7-10H2;(H,3,4)(H,5,6). The summed E-state index contributed by atoms with van der Waals surface area (Å²) in [6.07, 6.45) is 6.36. The molecule has 2 aromatic rings. The number of thioether (sulfide) groups is 1. The van der Waals surface area contributed by atoms with E-state index in [1.165, 1.54) is 55.5 Å². The van der Waals surface area contributed by atoms with Crippen LogP contribution < -0.4 is 0 Å². The molecule has 0 saturated carbocycles. The van der Waals surface area contributed by atoms with E-state index >= 15 is 0 Å². The van der Waals surface area contributed by atoms with Crippen molar-refractivity contribution in [3.8, 4) is 0 Å². The molecule has 3 saturated heterocycles. The third-order valence-electron chi connectivity index (χ3n) is 4.80. The van der Waals surface area contributed by atoms with Crippen molar-refractivity contribution in [2.24, 2.45) is 5.92 Å². The summed E-state index contributed by atoms with van der Waals surface area (Å²) in [5.41, 5.74) is 2.55. The molecule has 3 aliphatic rings. The van der Waals surface area contributed by atoms with Crippen molar-refractivity contribution >= 4 is 35.4 Å². The summed E-state index contributed by atoms with van der Waals surface area (Å²) < 4.78 is 9.19. The number of carboxylic acid groups (broad SMARTS) is 2. The maximum atomic E-state index is 9.10. The van der Waals surface area contributed by atoms with Crippen LogP contribution in [0.2, 0.25) is 0 Å². The lowest BCUT2D eigenvalue weighted by Gasteiger charge is -2.44. The highest BCUT2D eigenvalue weighted by Gasteiger charge is 2.37. The Morgan fingerprint density at radius 2 is 1.81 bits per heavy atom. The minimum absolute atomic E-state index is 0.603. The van der Waals surface area contributed by atoms with Crippen LogP contribution in [0.25, 0.3) is 0 Å². The number of hydrogen-bond donors (Lipinski definition) is 2. The number of aliphatic carboxylic acids is 2. The SMILES string of the molecule is O=C(O)C(=O)O.c1cc(CSc2nsnc2C2CN3CCC2CC3)ccn1. The zero-order chi connectivity index (χ0) is 19.2. The summed E-state index contributed by atoms with van der Waals surface area (Å²) in [7, 11) is 0. The molecule has 2 N–H and O–H groups in total. The van der Waals surface area contributed by atoms with Gasteiger partial charge in [0.25, 0.3) is 0 Å². The predicted octanol–water partition coefficient (Wildman–Crippen LogP) is 2.19. The van der Waals surface area contributed by atoms with Crippen LogP contribution in [0.1, 0.15) is 30.0 Å². The number of fused-ring (bicyclic) bond motifs is 3. The molecule has 27 heavy (non-hydrogen) atoms.